The molecule has 0 aliphatic heterocycles. The van der Waals surface area contributed by atoms with Gasteiger partial charge in [0, 0.05) is 16.7 Å². The Hall–Kier alpha value is -2.14. The molecule has 0 heterocycles. The zero-order valence-electron chi connectivity index (χ0n) is 19.5. The molecule has 2 aromatic rings. The van der Waals surface area contributed by atoms with Crippen molar-refractivity contribution in [3.8, 4) is 0 Å². The van der Waals surface area contributed by atoms with Crippen LogP contribution in [-0.4, -0.2) is 50.5 Å². The number of benzene rings is 2. The van der Waals surface area contributed by atoms with E-state index in [4.69, 9.17) is 0 Å². The van der Waals surface area contributed by atoms with E-state index in [0.29, 0.717) is 18.7 Å². The molecule has 0 radical (unpaired) electrons. The molecule has 0 spiro atoms. The number of nitrogens with one attached hydrogen (secondary N) is 1. The molecule has 2 aromatic carbocycles. The van der Waals surface area contributed by atoms with Gasteiger partial charge in [-0.2, -0.15) is 0 Å². The first kappa shape index (κ1) is 27.1. The van der Waals surface area contributed by atoms with Crippen molar-refractivity contribution in [2.24, 2.45) is 0 Å². The van der Waals surface area contributed by atoms with E-state index in [-0.39, 0.29) is 19.0 Å². The lowest BCUT2D eigenvalue weighted by molar-refractivity contribution is -0.140. The van der Waals surface area contributed by atoms with E-state index in [2.05, 4.69) is 27.9 Å². The monoisotopic (exact) mass is 585 g/mol. The average Bonchev–Trinajstić information content (AvgIpc) is 2.77. The fourth-order valence-corrected chi connectivity index (χ4v) is 4.69. The quantitative estimate of drug-likeness (QED) is 0.408. The maximum absolute atomic E-state index is 13.6. The smallest absolute Gasteiger partial charge is 0.244 e. The number of anilines is 1. The Morgan fingerprint density at radius 1 is 1.06 bits per heavy atom. The molecule has 1 atom stereocenters. The molecule has 0 fully saturated rings. The molecule has 0 saturated heterocycles. The number of halogens is 1. The summed E-state index contributed by atoms with van der Waals surface area (Å²) in [5, 5.41) is 2.88. The standard InChI is InChI=1S/C24H32IN3O4S/c1-5-15-26-24(30)22(6-2)27(16-19-10-8-7-9-18(19)3)23(29)17-28(33(4,31)32)21-13-11-20(25)12-14-21/h7-14,22H,5-6,15-17H2,1-4H3,(H,26,30). The molecule has 2 amide bonds. The number of aryl methyl sites for hydroxylation is 1. The topological polar surface area (TPSA) is 86.8 Å². The highest BCUT2D eigenvalue weighted by atomic mass is 127. The van der Waals surface area contributed by atoms with Gasteiger partial charge in [-0.25, -0.2) is 8.42 Å². The largest absolute Gasteiger partial charge is 0.354 e. The number of amides is 2. The SMILES string of the molecule is CCCNC(=O)C(CC)N(Cc1ccccc1C)C(=O)CN(c1ccc(I)cc1)S(C)(=O)=O. The third-order valence-electron chi connectivity index (χ3n) is 5.33. The van der Waals surface area contributed by atoms with Gasteiger partial charge >= 0.3 is 0 Å². The summed E-state index contributed by atoms with van der Waals surface area (Å²) < 4.78 is 27.2. The van der Waals surface area contributed by atoms with Crippen LogP contribution in [0.15, 0.2) is 48.5 Å². The average molecular weight is 586 g/mol. The normalized spacial score (nSPS) is 12.2. The minimum Gasteiger partial charge on any atom is -0.354 e. The molecule has 33 heavy (non-hydrogen) atoms. The van der Waals surface area contributed by atoms with Crippen molar-refractivity contribution in [1.29, 1.82) is 0 Å². The second-order valence-corrected chi connectivity index (χ2v) is 11.1. The van der Waals surface area contributed by atoms with Gasteiger partial charge in [0.05, 0.1) is 11.9 Å². The van der Waals surface area contributed by atoms with Crippen LogP contribution < -0.4 is 9.62 Å². The zero-order chi connectivity index (χ0) is 24.6. The predicted octanol–water partition coefficient (Wildman–Crippen LogP) is 3.70. The van der Waals surface area contributed by atoms with E-state index in [1.807, 2.05) is 45.0 Å². The van der Waals surface area contributed by atoms with Gasteiger partial charge in [0.15, 0.2) is 0 Å². The van der Waals surface area contributed by atoms with Gasteiger partial charge in [-0.15, -0.1) is 0 Å². The van der Waals surface area contributed by atoms with Gasteiger partial charge in [-0.05, 0) is 77.7 Å². The Bertz CT molecular complexity index is 1060. The van der Waals surface area contributed by atoms with Crippen LogP contribution in [0.4, 0.5) is 5.69 Å². The van der Waals surface area contributed by atoms with Crippen LogP contribution >= 0.6 is 22.6 Å². The van der Waals surface area contributed by atoms with Gasteiger partial charge in [0.25, 0.3) is 0 Å². The van der Waals surface area contributed by atoms with Crippen molar-refractivity contribution in [3.63, 3.8) is 0 Å². The van der Waals surface area contributed by atoms with E-state index in [0.717, 1.165) is 31.7 Å². The highest BCUT2D eigenvalue weighted by Gasteiger charge is 2.31. The van der Waals surface area contributed by atoms with Gasteiger partial charge in [0.1, 0.15) is 12.6 Å². The van der Waals surface area contributed by atoms with E-state index >= 15 is 0 Å². The summed E-state index contributed by atoms with van der Waals surface area (Å²) in [7, 11) is -3.72. The molecule has 9 heteroatoms. The lowest BCUT2D eigenvalue weighted by atomic mass is 10.1. The number of rotatable bonds is 11. The second-order valence-electron chi connectivity index (χ2n) is 7.91. The fraction of sp³-hybridized carbons (Fsp3) is 0.417. The lowest BCUT2D eigenvalue weighted by Crippen LogP contribution is -2.52. The Morgan fingerprint density at radius 2 is 1.70 bits per heavy atom. The molecular weight excluding hydrogens is 553 g/mol. The van der Waals surface area contributed by atoms with Gasteiger partial charge in [-0.1, -0.05) is 38.1 Å². The van der Waals surface area contributed by atoms with E-state index in [9.17, 15) is 18.0 Å². The summed E-state index contributed by atoms with van der Waals surface area (Å²) in [5.74, 6) is -0.665. The summed E-state index contributed by atoms with van der Waals surface area (Å²) in [4.78, 5) is 28.0. The molecule has 1 unspecified atom stereocenters. The molecule has 0 aliphatic carbocycles. The van der Waals surface area contributed by atoms with Gasteiger partial charge in [-0.3, -0.25) is 13.9 Å². The Kier molecular flexibility index (Phi) is 10.2. The summed E-state index contributed by atoms with van der Waals surface area (Å²) in [6.45, 7) is 6.10. The summed E-state index contributed by atoms with van der Waals surface area (Å²) in [5.41, 5.74) is 2.31. The molecule has 2 rings (SSSR count). The zero-order valence-corrected chi connectivity index (χ0v) is 22.5. The number of sulfonamides is 1. The van der Waals surface area contributed by atoms with Crippen molar-refractivity contribution in [2.45, 2.75) is 46.2 Å². The van der Waals surface area contributed by atoms with E-state index < -0.39 is 22.0 Å². The van der Waals surface area contributed by atoms with Crippen molar-refractivity contribution < 1.29 is 18.0 Å². The fourth-order valence-electron chi connectivity index (χ4n) is 3.48. The summed E-state index contributed by atoms with van der Waals surface area (Å²) >= 11 is 2.14. The van der Waals surface area contributed by atoms with Gasteiger partial charge < -0.3 is 10.2 Å². The lowest BCUT2D eigenvalue weighted by Gasteiger charge is -2.33. The maximum Gasteiger partial charge on any atom is 0.244 e. The number of hydrogen-bond donors (Lipinski definition) is 1. The summed E-state index contributed by atoms with van der Waals surface area (Å²) in [6, 6.07) is 13.9. The van der Waals surface area contributed by atoms with E-state index in [1.54, 1.807) is 24.3 Å². The maximum atomic E-state index is 13.6. The van der Waals surface area contributed by atoms with Crippen LogP contribution in [0, 0.1) is 10.5 Å². The molecule has 0 bridgehead atoms. The van der Waals surface area contributed by atoms with Crippen LogP contribution in [-0.2, 0) is 26.2 Å². The van der Waals surface area contributed by atoms with E-state index in [1.165, 1.54) is 4.90 Å². The highest BCUT2D eigenvalue weighted by molar-refractivity contribution is 14.1. The predicted molar refractivity (Wildman–Crippen MR) is 140 cm³/mol. The number of carbonyl (C=O) groups excluding carboxylic acids is 2. The van der Waals surface area contributed by atoms with Crippen molar-refractivity contribution >= 4 is 50.1 Å². The molecular formula is C24H32IN3O4S. The van der Waals surface area contributed by atoms with Crippen molar-refractivity contribution in [2.75, 3.05) is 23.7 Å². The molecule has 1 N–H and O–H groups in total. The molecule has 7 nitrogen and oxygen atoms in total. The Labute approximate surface area is 210 Å². The molecule has 0 aromatic heterocycles. The van der Waals surface area contributed by atoms with Crippen LogP contribution in [0.1, 0.15) is 37.8 Å². The summed E-state index contributed by atoms with van der Waals surface area (Å²) in [6.07, 6.45) is 2.27. The second kappa shape index (κ2) is 12.4. The van der Waals surface area contributed by atoms with Crippen molar-refractivity contribution in [3.05, 3.63) is 63.2 Å². The Balaban J connectivity index is 2.42. The third kappa shape index (κ3) is 7.70. The number of nitrogens with zero attached hydrogens (tertiary/aromatic N) is 2. The minimum atomic E-state index is -3.72. The first-order valence-corrected chi connectivity index (χ1v) is 13.9. The van der Waals surface area contributed by atoms with Gasteiger partial charge in [0.2, 0.25) is 21.8 Å². The highest BCUT2D eigenvalue weighted by Crippen LogP contribution is 2.21. The van der Waals surface area contributed by atoms with Crippen LogP contribution in [0.2, 0.25) is 0 Å². The molecule has 0 saturated carbocycles. The first-order valence-electron chi connectivity index (χ1n) is 10.9. The Morgan fingerprint density at radius 3 is 2.24 bits per heavy atom. The van der Waals surface area contributed by atoms with Crippen LogP contribution in [0.25, 0.3) is 0 Å². The minimum absolute atomic E-state index is 0.216. The first-order chi connectivity index (χ1) is 15.6. The molecule has 0 aliphatic rings. The third-order valence-corrected chi connectivity index (χ3v) is 7.19. The van der Waals surface area contributed by atoms with Crippen LogP contribution in [0.5, 0.6) is 0 Å². The van der Waals surface area contributed by atoms with Crippen LogP contribution in [0.3, 0.4) is 0 Å². The van der Waals surface area contributed by atoms with Crippen molar-refractivity contribution in [1.82, 2.24) is 10.2 Å². The number of hydrogen-bond acceptors (Lipinski definition) is 4. The number of carbonyl (C=O) groups is 2. The molecule has 180 valence electrons.